The second-order valence-corrected chi connectivity index (χ2v) is 4.38. The van der Waals surface area contributed by atoms with Crippen molar-refractivity contribution in [1.29, 1.82) is 0 Å². The van der Waals surface area contributed by atoms with E-state index in [1.54, 1.807) is 0 Å². The molecule has 0 saturated heterocycles. The summed E-state index contributed by atoms with van der Waals surface area (Å²) in [5, 5.41) is 4.47. The van der Waals surface area contributed by atoms with E-state index in [0.29, 0.717) is 5.88 Å². The van der Waals surface area contributed by atoms with Crippen LogP contribution < -0.4 is 0 Å². The molecule has 84 valence electrons. The van der Waals surface area contributed by atoms with E-state index in [0.717, 1.165) is 17.1 Å². The summed E-state index contributed by atoms with van der Waals surface area (Å²) in [7, 11) is 0. The van der Waals surface area contributed by atoms with Crippen molar-refractivity contribution in [2.45, 2.75) is 26.7 Å². The van der Waals surface area contributed by atoms with Crippen LogP contribution in [-0.2, 0) is 5.88 Å². The molecule has 0 spiro atoms. The molecule has 0 aliphatic rings. The average molecular weight is 235 g/mol. The minimum absolute atomic E-state index is 0.457. The van der Waals surface area contributed by atoms with Gasteiger partial charge in [0, 0.05) is 5.69 Å². The van der Waals surface area contributed by atoms with Gasteiger partial charge in [-0.2, -0.15) is 5.10 Å². The number of hydrogen-bond donors (Lipinski definition) is 0. The van der Waals surface area contributed by atoms with E-state index in [2.05, 4.69) is 37.1 Å². The van der Waals surface area contributed by atoms with Crippen LogP contribution in [0.15, 0.2) is 24.3 Å². The van der Waals surface area contributed by atoms with E-state index in [4.69, 9.17) is 11.6 Å². The minimum atomic E-state index is 0.457. The smallest absolute Gasteiger partial charge is 0.0779 e. The fourth-order valence-corrected chi connectivity index (χ4v) is 2.02. The third-order valence-electron chi connectivity index (χ3n) is 2.66. The van der Waals surface area contributed by atoms with Gasteiger partial charge in [0.05, 0.1) is 17.3 Å². The lowest BCUT2D eigenvalue weighted by molar-refractivity contribution is 0.824. The number of alkyl halides is 1. The molecular weight excluding hydrogens is 220 g/mol. The molecule has 1 aromatic heterocycles. The largest absolute Gasteiger partial charge is 0.238 e. The van der Waals surface area contributed by atoms with Crippen LogP contribution in [0.25, 0.3) is 5.69 Å². The number of nitrogens with zero attached hydrogens (tertiary/aromatic N) is 2. The third kappa shape index (κ3) is 1.98. The van der Waals surface area contributed by atoms with Crippen LogP contribution in [0.4, 0.5) is 0 Å². The highest BCUT2D eigenvalue weighted by molar-refractivity contribution is 6.16. The Balaban J connectivity index is 2.53. The van der Waals surface area contributed by atoms with Crippen molar-refractivity contribution in [1.82, 2.24) is 9.78 Å². The third-order valence-corrected chi connectivity index (χ3v) is 2.93. The summed E-state index contributed by atoms with van der Waals surface area (Å²) in [5.41, 5.74) is 5.65. The van der Waals surface area contributed by atoms with Gasteiger partial charge in [0.1, 0.15) is 0 Å². The van der Waals surface area contributed by atoms with Gasteiger partial charge in [-0.3, -0.25) is 0 Å². The summed E-state index contributed by atoms with van der Waals surface area (Å²) in [6.45, 7) is 6.24. The second-order valence-electron chi connectivity index (χ2n) is 4.11. The first-order valence-corrected chi connectivity index (χ1v) is 5.84. The Morgan fingerprint density at radius 2 is 1.94 bits per heavy atom. The fraction of sp³-hybridized carbons (Fsp3) is 0.308. The molecular formula is C13H15ClN2. The Bertz CT molecular complexity index is 515. The average Bonchev–Trinajstić information content (AvgIpc) is 2.60. The highest BCUT2D eigenvalue weighted by Gasteiger charge is 2.07. The molecule has 1 heterocycles. The van der Waals surface area contributed by atoms with Crippen LogP contribution in [0.5, 0.6) is 0 Å². The molecule has 2 aromatic rings. The highest BCUT2D eigenvalue weighted by Crippen LogP contribution is 2.18. The molecule has 2 rings (SSSR count). The van der Waals surface area contributed by atoms with Gasteiger partial charge in [-0.15, -0.1) is 11.6 Å². The first-order valence-electron chi connectivity index (χ1n) is 5.31. The summed E-state index contributed by atoms with van der Waals surface area (Å²) in [4.78, 5) is 0. The van der Waals surface area contributed by atoms with Crippen LogP contribution >= 0.6 is 11.6 Å². The van der Waals surface area contributed by atoms with Crippen LogP contribution in [0.3, 0.4) is 0 Å². The predicted octanol–water partition coefficient (Wildman–Crippen LogP) is 3.54. The summed E-state index contributed by atoms with van der Waals surface area (Å²) in [5.74, 6) is 0.457. The first kappa shape index (κ1) is 11.2. The first-order chi connectivity index (χ1) is 7.61. The maximum Gasteiger partial charge on any atom is 0.0779 e. The van der Waals surface area contributed by atoms with Gasteiger partial charge in [0.15, 0.2) is 0 Å². The maximum atomic E-state index is 5.79. The van der Waals surface area contributed by atoms with Gasteiger partial charge in [0.2, 0.25) is 0 Å². The van der Waals surface area contributed by atoms with Gasteiger partial charge >= 0.3 is 0 Å². The Morgan fingerprint density at radius 1 is 1.19 bits per heavy atom. The second kappa shape index (κ2) is 4.30. The van der Waals surface area contributed by atoms with E-state index < -0.39 is 0 Å². The minimum Gasteiger partial charge on any atom is -0.238 e. The SMILES string of the molecule is Cc1ccc(-n2nc(CCl)cc2C)c(C)c1. The van der Waals surface area contributed by atoms with E-state index in [1.807, 2.05) is 17.7 Å². The topological polar surface area (TPSA) is 17.8 Å². The summed E-state index contributed by atoms with van der Waals surface area (Å²) in [6.07, 6.45) is 0. The summed E-state index contributed by atoms with van der Waals surface area (Å²) < 4.78 is 1.95. The standard InChI is InChI=1S/C13H15ClN2/c1-9-4-5-13(10(2)6-9)16-11(3)7-12(8-14)15-16/h4-7H,8H2,1-3H3. The lowest BCUT2D eigenvalue weighted by Gasteiger charge is -2.08. The highest BCUT2D eigenvalue weighted by atomic mass is 35.5. The van der Waals surface area contributed by atoms with Gasteiger partial charge in [-0.1, -0.05) is 17.7 Å². The molecule has 0 unspecified atom stereocenters. The van der Waals surface area contributed by atoms with Crippen LogP contribution in [-0.4, -0.2) is 9.78 Å². The van der Waals surface area contributed by atoms with Crippen molar-refractivity contribution >= 4 is 11.6 Å². The number of benzene rings is 1. The zero-order valence-electron chi connectivity index (χ0n) is 9.79. The quantitative estimate of drug-likeness (QED) is 0.727. The number of aromatic nitrogens is 2. The van der Waals surface area contributed by atoms with Crippen molar-refractivity contribution in [3.05, 3.63) is 46.8 Å². The molecule has 0 amide bonds. The Labute approximate surface area is 101 Å². The van der Waals surface area contributed by atoms with Gasteiger partial charge in [-0.25, -0.2) is 4.68 Å². The molecule has 0 radical (unpaired) electrons. The normalized spacial score (nSPS) is 10.8. The van der Waals surface area contributed by atoms with Crippen LogP contribution in [0.1, 0.15) is 22.5 Å². The number of hydrogen-bond acceptors (Lipinski definition) is 1. The zero-order chi connectivity index (χ0) is 11.7. The van der Waals surface area contributed by atoms with Gasteiger partial charge < -0.3 is 0 Å². The number of rotatable bonds is 2. The Kier molecular flexibility index (Phi) is 3.01. The Morgan fingerprint density at radius 3 is 2.50 bits per heavy atom. The molecule has 0 atom stereocenters. The van der Waals surface area contributed by atoms with Gasteiger partial charge in [-0.05, 0) is 38.5 Å². The van der Waals surface area contributed by atoms with Crippen LogP contribution in [0.2, 0.25) is 0 Å². The monoisotopic (exact) mass is 234 g/mol. The molecule has 3 heteroatoms. The van der Waals surface area contributed by atoms with Crippen LogP contribution in [0, 0.1) is 20.8 Å². The molecule has 0 fully saturated rings. The molecule has 0 saturated carbocycles. The van der Waals surface area contributed by atoms with E-state index >= 15 is 0 Å². The lowest BCUT2D eigenvalue weighted by atomic mass is 10.1. The molecule has 0 N–H and O–H groups in total. The number of halogens is 1. The lowest BCUT2D eigenvalue weighted by Crippen LogP contribution is -2.01. The molecule has 0 aliphatic heterocycles. The van der Waals surface area contributed by atoms with E-state index in [-0.39, 0.29) is 0 Å². The molecule has 0 bridgehead atoms. The van der Waals surface area contributed by atoms with Crippen molar-refractivity contribution < 1.29 is 0 Å². The molecule has 0 aliphatic carbocycles. The molecule has 2 nitrogen and oxygen atoms in total. The maximum absolute atomic E-state index is 5.79. The molecule has 16 heavy (non-hydrogen) atoms. The van der Waals surface area contributed by atoms with Crippen molar-refractivity contribution in [2.24, 2.45) is 0 Å². The summed E-state index contributed by atoms with van der Waals surface area (Å²) in [6, 6.07) is 8.38. The molecule has 1 aromatic carbocycles. The Hall–Kier alpha value is -1.28. The van der Waals surface area contributed by atoms with Gasteiger partial charge in [0.25, 0.3) is 0 Å². The van der Waals surface area contributed by atoms with Crippen molar-refractivity contribution in [3.63, 3.8) is 0 Å². The predicted molar refractivity (Wildman–Crippen MR) is 67.3 cm³/mol. The fourth-order valence-electron chi connectivity index (χ4n) is 1.89. The number of aryl methyl sites for hydroxylation is 3. The van der Waals surface area contributed by atoms with Crippen molar-refractivity contribution in [3.8, 4) is 5.69 Å². The zero-order valence-corrected chi connectivity index (χ0v) is 10.5. The van der Waals surface area contributed by atoms with E-state index in [1.165, 1.54) is 11.1 Å². The van der Waals surface area contributed by atoms with E-state index in [9.17, 15) is 0 Å². The summed E-state index contributed by atoms with van der Waals surface area (Å²) >= 11 is 5.79. The van der Waals surface area contributed by atoms with Crippen molar-refractivity contribution in [2.75, 3.05) is 0 Å².